The van der Waals surface area contributed by atoms with Crippen molar-refractivity contribution in [3.8, 4) is 5.75 Å². The maximum atomic E-state index is 12.8. The maximum Gasteiger partial charge on any atom is 0.265 e. The number of phenols is 1. The highest BCUT2D eigenvalue weighted by molar-refractivity contribution is 6.21. The van der Waals surface area contributed by atoms with Crippen LogP contribution in [0.5, 0.6) is 5.75 Å². The molecular weight excluding hydrogens is 290 g/mol. The quantitative estimate of drug-likeness (QED) is 0.502. The largest absolute Gasteiger partial charge is 0.508 e. The van der Waals surface area contributed by atoms with Crippen LogP contribution in [0.3, 0.4) is 0 Å². The second-order valence-electron chi connectivity index (χ2n) is 5.11. The first-order valence-electron chi connectivity index (χ1n) is 7.02. The van der Waals surface area contributed by atoms with Crippen molar-refractivity contribution in [2.75, 3.05) is 4.90 Å². The lowest BCUT2D eigenvalue weighted by Crippen LogP contribution is -2.41. The number of hydrogen-bond acceptors (Lipinski definition) is 3. The number of nitrogens with one attached hydrogen (secondary N) is 1. The van der Waals surface area contributed by atoms with Crippen molar-refractivity contribution in [2.45, 2.75) is 0 Å². The summed E-state index contributed by atoms with van der Waals surface area (Å²) in [4.78, 5) is 13.9. The monoisotopic (exact) mass is 305 g/mol. The van der Waals surface area contributed by atoms with Gasteiger partial charge in [0.25, 0.3) is 5.91 Å². The van der Waals surface area contributed by atoms with Crippen LogP contribution in [-0.2, 0) is 0 Å². The van der Waals surface area contributed by atoms with Gasteiger partial charge in [0, 0.05) is 5.56 Å². The number of hydrogen-bond donors (Lipinski definition) is 3. The van der Waals surface area contributed by atoms with E-state index >= 15 is 0 Å². The van der Waals surface area contributed by atoms with E-state index in [0.29, 0.717) is 11.3 Å². The normalized spacial score (nSPS) is 10.4. The van der Waals surface area contributed by atoms with Crippen LogP contribution in [0.4, 0.5) is 5.69 Å². The Morgan fingerprint density at radius 3 is 2.30 bits per heavy atom. The fraction of sp³-hybridized carbons (Fsp3) is 0. The van der Waals surface area contributed by atoms with E-state index in [0.717, 1.165) is 15.7 Å². The summed E-state index contributed by atoms with van der Waals surface area (Å²) in [7, 11) is 0. The van der Waals surface area contributed by atoms with Crippen LogP contribution in [-0.4, -0.2) is 17.0 Å². The summed E-state index contributed by atoms with van der Waals surface area (Å²) in [6.07, 6.45) is 0. The number of carbonyl (C=O) groups is 1. The van der Waals surface area contributed by atoms with Crippen LogP contribution >= 0.6 is 0 Å². The lowest BCUT2D eigenvalue weighted by atomic mass is 10.1. The van der Waals surface area contributed by atoms with Crippen LogP contribution in [0, 0.1) is 5.41 Å². The molecule has 0 aromatic heterocycles. The molecule has 3 rings (SSSR count). The Bertz CT molecular complexity index is 891. The number of guanidine groups is 1. The van der Waals surface area contributed by atoms with Gasteiger partial charge >= 0.3 is 0 Å². The number of fused-ring (bicyclic) bond motifs is 1. The van der Waals surface area contributed by atoms with Gasteiger partial charge in [0.05, 0.1) is 5.69 Å². The molecule has 0 aliphatic carbocycles. The van der Waals surface area contributed by atoms with Gasteiger partial charge in [-0.05, 0) is 47.2 Å². The predicted molar refractivity (Wildman–Crippen MR) is 90.8 cm³/mol. The van der Waals surface area contributed by atoms with E-state index in [1.165, 1.54) is 0 Å². The van der Waals surface area contributed by atoms with Gasteiger partial charge in [-0.3, -0.25) is 10.2 Å². The molecule has 5 heteroatoms. The molecule has 0 spiro atoms. The van der Waals surface area contributed by atoms with Gasteiger partial charge in [-0.1, -0.05) is 30.3 Å². The standard InChI is InChI=1S/C18H15N3O2/c19-18(20)21(15-4-2-1-3-5-15)17(23)14-7-6-13-11-16(22)9-8-12(13)10-14/h1-11,22H,(H3,19,20). The Balaban J connectivity index is 2.04. The van der Waals surface area contributed by atoms with E-state index in [4.69, 9.17) is 11.1 Å². The van der Waals surface area contributed by atoms with E-state index in [2.05, 4.69) is 0 Å². The van der Waals surface area contributed by atoms with Crippen LogP contribution < -0.4 is 10.6 Å². The number of aromatic hydroxyl groups is 1. The summed E-state index contributed by atoms with van der Waals surface area (Å²) in [5, 5.41) is 18.9. The zero-order valence-electron chi connectivity index (χ0n) is 12.2. The molecule has 0 unspecified atom stereocenters. The van der Waals surface area contributed by atoms with Crippen molar-refractivity contribution in [3.05, 3.63) is 72.3 Å². The molecule has 1 amide bonds. The van der Waals surface area contributed by atoms with E-state index in [9.17, 15) is 9.90 Å². The minimum Gasteiger partial charge on any atom is -0.508 e. The highest BCUT2D eigenvalue weighted by Gasteiger charge is 2.20. The number of phenolic OH excluding ortho intramolecular Hbond substituents is 1. The van der Waals surface area contributed by atoms with Crippen LogP contribution in [0.2, 0.25) is 0 Å². The van der Waals surface area contributed by atoms with E-state index in [-0.39, 0.29) is 17.6 Å². The molecule has 0 fully saturated rings. The van der Waals surface area contributed by atoms with Crippen LogP contribution in [0.1, 0.15) is 10.4 Å². The maximum absolute atomic E-state index is 12.8. The molecule has 3 aromatic rings. The lowest BCUT2D eigenvalue weighted by Gasteiger charge is -2.21. The van der Waals surface area contributed by atoms with E-state index in [1.807, 2.05) is 6.07 Å². The molecule has 0 bridgehead atoms. The molecule has 0 heterocycles. The second kappa shape index (κ2) is 5.81. The zero-order valence-corrected chi connectivity index (χ0v) is 12.2. The molecule has 3 aromatic carbocycles. The number of rotatable bonds is 2. The Morgan fingerprint density at radius 1 is 0.957 bits per heavy atom. The number of amides is 1. The molecule has 0 radical (unpaired) electrons. The summed E-state index contributed by atoms with van der Waals surface area (Å²) in [5.74, 6) is -0.545. The average Bonchev–Trinajstić information content (AvgIpc) is 2.55. The fourth-order valence-corrected chi connectivity index (χ4v) is 2.44. The molecule has 0 atom stereocenters. The first-order chi connectivity index (χ1) is 11.1. The smallest absolute Gasteiger partial charge is 0.265 e. The first kappa shape index (κ1) is 14.6. The Kier molecular flexibility index (Phi) is 3.68. The summed E-state index contributed by atoms with van der Waals surface area (Å²) in [6.45, 7) is 0. The van der Waals surface area contributed by atoms with E-state index in [1.54, 1.807) is 60.7 Å². The number of nitrogens with zero attached hydrogens (tertiary/aromatic N) is 1. The van der Waals surface area contributed by atoms with Crippen LogP contribution in [0.15, 0.2) is 66.7 Å². The predicted octanol–water partition coefficient (Wildman–Crippen LogP) is 3.09. The van der Waals surface area contributed by atoms with Gasteiger partial charge in [-0.2, -0.15) is 0 Å². The first-order valence-corrected chi connectivity index (χ1v) is 7.02. The third-order valence-corrected chi connectivity index (χ3v) is 3.53. The van der Waals surface area contributed by atoms with Gasteiger partial charge in [0.15, 0.2) is 5.96 Å². The van der Waals surface area contributed by atoms with Crippen molar-refractivity contribution >= 4 is 28.3 Å². The highest BCUT2D eigenvalue weighted by Crippen LogP contribution is 2.23. The fourth-order valence-electron chi connectivity index (χ4n) is 2.44. The third-order valence-electron chi connectivity index (χ3n) is 3.53. The highest BCUT2D eigenvalue weighted by atomic mass is 16.3. The minimum absolute atomic E-state index is 0.172. The number of carbonyl (C=O) groups excluding carboxylic acids is 1. The van der Waals surface area contributed by atoms with Crippen LogP contribution in [0.25, 0.3) is 10.8 Å². The topological polar surface area (TPSA) is 90.4 Å². The lowest BCUT2D eigenvalue weighted by molar-refractivity contribution is 0.100. The number of para-hydroxylation sites is 1. The molecule has 0 saturated carbocycles. The van der Waals surface area contributed by atoms with Gasteiger partial charge in [0.1, 0.15) is 5.75 Å². The third kappa shape index (κ3) is 2.85. The Morgan fingerprint density at radius 2 is 1.61 bits per heavy atom. The van der Waals surface area contributed by atoms with Gasteiger partial charge in [0.2, 0.25) is 0 Å². The Hall–Kier alpha value is -3.34. The summed E-state index contributed by atoms with van der Waals surface area (Å²) in [6, 6.07) is 18.9. The van der Waals surface area contributed by atoms with Gasteiger partial charge in [-0.15, -0.1) is 0 Å². The van der Waals surface area contributed by atoms with Crippen molar-refractivity contribution in [2.24, 2.45) is 5.73 Å². The number of anilines is 1. The molecule has 0 aliphatic rings. The van der Waals surface area contributed by atoms with Crippen molar-refractivity contribution in [1.29, 1.82) is 5.41 Å². The molecule has 0 aliphatic heterocycles. The van der Waals surface area contributed by atoms with Crippen molar-refractivity contribution < 1.29 is 9.90 Å². The summed E-state index contributed by atoms with van der Waals surface area (Å²) < 4.78 is 0. The van der Waals surface area contributed by atoms with Crippen molar-refractivity contribution in [1.82, 2.24) is 0 Å². The van der Waals surface area contributed by atoms with Gasteiger partial charge in [-0.25, -0.2) is 4.90 Å². The molecule has 0 saturated heterocycles. The van der Waals surface area contributed by atoms with Gasteiger partial charge < -0.3 is 10.8 Å². The summed E-state index contributed by atoms with van der Waals surface area (Å²) >= 11 is 0. The number of benzene rings is 3. The molecule has 23 heavy (non-hydrogen) atoms. The number of nitrogens with two attached hydrogens (primary N) is 1. The van der Waals surface area contributed by atoms with Crippen molar-refractivity contribution in [3.63, 3.8) is 0 Å². The average molecular weight is 305 g/mol. The minimum atomic E-state index is -0.376. The molecule has 114 valence electrons. The molecule has 4 N–H and O–H groups in total. The Labute approximate surface area is 133 Å². The second-order valence-corrected chi connectivity index (χ2v) is 5.11. The molecular formula is C18H15N3O2. The summed E-state index contributed by atoms with van der Waals surface area (Å²) in [5.41, 5.74) is 6.55. The molecule has 5 nitrogen and oxygen atoms in total. The SMILES string of the molecule is N=C(N)N(C(=O)c1ccc2cc(O)ccc2c1)c1ccccc1. The van der Waals surface area contributed by atoms with E-state index < -0.39 is 0 Å². The zero-order chi connectivity index (χ0) is 16.4.